The molecule has 0 aliphatic carbocycles. The first-order chi connectivity index (χ1) is 12.0. The number of hydrogen-bond donors (Lipinski definition) is 1. The summed E-state index contributed by atoms with van der Waals surface area (Å²) < 4.78 is 5.72. The van der Waals surface area contributed by atoms with Crippen LogP contribution < -0.4 is 10.1 Å². The Kier molecular flexibility index (Phi) is 7.29. The van der Waals surface area contributed by atoms with Gasteiger partial charge in [-0.3, -0.25) is 9.59 Å². The number of hydrogen-bond acceptors (Lipinski definition) is 3. The Hall–Kier alpha value is -2.04. The first kappa shape index (κ1) is 19.3. The van der Waals surface area contributed by atoms with Gasteiger partial charge < -0.3 is 15.0 Å². The summed E-state index contributed by atoms with van der Waals surface area (Å²) in [5.74, 6) is 1.20. The molecule has 5 heteroatoms. The lowest BCUT2D eigenvalue weighted by Gasteiger charge is -2.33. The van der Waals surface area contributed by atoms with Crippen LogP contribution in [0.4, 0.5) is 0 Å². The van der Waals surface area contributed by atoms with Gasteiger partial charge in [0.25, 0.3) is 0 Å². The minimum atomic E-state index is 0.0411. The summed E-state index contributed by atoms with van der Waals surface area (Å²) in [6.45, 7) is 7.87. The Morgan fingerprint density at radius 2 is 1.92 bits per heavy atom. The van der Waals surface area contributed by atoms with Crippen molar-refractivity contribution in [1.29, 1.82) is 0 Å². The number of carbonyl (C=O) groups excluding carboxylic acids is 2. The molecule has 1 aromatic rings. The summed E-state index contributed by atoms with van der Waals surface area (Å²) in [4.78, 5) is 25.9. The molecule has 1 fully saturated rings. The molecular weight excluding hydrogens is 316 g/mol. The van der Waals surface area contributed by atoms with Gasteiger partial charge in [-0.1, -0.05) is 32.0 Å². The van der Waals surface area contributed by atoms with Crippen molar-refractivity contribution < 1.29 is 14.3 Å². The normalized spacial score (nSPS) is 15.3. The average molecular weight is 346 g/mol. The molecule has 2 rings (SSSR count). The van der Waals surface area contributed by atoms with Crippen molar-refractivity contribution >= 4 is 11.8 Å². The molecule has 1 aromatic carbocycles. The van der Waals surface area contributed by atoms with E-state index < -0.39 is 0 Å². The van der Waals surface area contributed by atoms with Gasteiger partial charge in [0, 0.05) is 31.5 Å². The Bertz CT molecular complexity index is 578. The maximum Gasteiger partial charge on any atom is 0.225 e. The fourth-order valence-corrected chi connectivity index (χ4v) is 3.04. The predicted molar refractivity (Wildman–Crippen MR) is 98.5 cm³/mol. The van der Waals surface area contributed by atoms with E-state index in [0.29, 0.717) is 19.4 Å². The lowest BCUT2D eigenvalue weighted by Crippen LogP contribution is -2.47. The third kappa shape index (κ3) is 6.07. The zero-order valence-electron chi connectivity index (χ0n) is 15.6. The molecule has 25 heavy (non-hydrogen) atoms. The zero-order chi connectivity index (χ0) is 18.2. The minimum absolute atomic E-state index is 0.0411. The molecule has 138 valence electrons. The predicted octanol–water partition coefficient (Wildman–Crippen LogP) is 2.92. The van der Waals surface area contributed by atoms with E-state index in [9.17, 15) is 9.59 Å². The fraction of sp³-hybridized carbons (Fsp3) is 0.600. The van der Waals surface area contributed by atoms with Crippen LogP contribution in [0.2, 0.25) is 0 Å². The second-order valence-corrected chi connectivity index (χ2v) is 7.04. The summed E-state index contributed by atoms with van der Waals surface area (Å²) >= 11 is 0. The maximum atomic E-state index is 12.1. The van der Waals surface area contributed by atoms with Gasteiger partial charge >= 0.3 is 0 Å². The Morgan fingerprint density at radius 1 is 1.24 bits per heavy atom. The topological polar surface area (TPSA) is 58.6 Å². The quantitative estimate of drug-likeness (QED) is 0.772. The first-order valence-electron chi connectivity index (χ1n) is 9.24. The van der Waals surface area contributed by atoms with E-state index in [0.717, 1.165) is 37.2 Å². The second kappa shape index (κ2) is 9.44. The highest BCUT2D eigenvalue weighted by atomic mass is 16.5. The highest BCUT2D eigenvalue weighted by Gasteiger charge is 2.24. The first-order valence-corrected chi connectivity index (χ1v) is 9.24. The van der Waals surface area contributed by atoms with Gasteiger partial charge in [0.2, 0.25) is 11.8 Å². The maximum absolute atomic E-state index is 12.1. The third-order valence-corrected chi connectivity index (χ3v) is 4.56. The molecule has 5 nitrogen and oxygen atoms in total. The van der Waals surface area contributed by atoms with E-state index in [-0.39, 0.29) is 23.8 Å². The lowest BCUT2D eigenvalue weighted by atomic mass is 10.0. The number of ether oxygens (including phenoxy) is 1. The number of likely N-dealkylation sites (tertiary alicyclic amines) is 1. The number of piperidine rings is 1. The van der Waals surface area contributed by atoms with E-state index >= 15 is 0 Å². The average Bonchev–Trinajstić information content (AvgIpc) is 2.60. The molecule has 0 bridgehead atoms. The fourth-order valence-electron chi connectivity index (χ4n) is 3.04. The van der Waals surface area contributed by atoms with Crippen LogP contribution in [0.5, 0.6) is 5.75 Å². The molecule has 1 aliphatic rings. The van der Waals surface area contributed by atoms with Gasteiger partial charge in [0.1, 0.15) is 5.75 Å². The van der Waals surface area contributed by atoms with Gasteiger partial charge in [0.15, 0.2) is 0 Å². The van der Waals surface area contributed by atoms with E-state index in [1.807, 2.05) is 49.9 Å². The van der Waals surface area contributed by atoms with Crippen LogP contribution in [0.1, 0.15) is 45.1 Å². The Balaban J connectivity index is 1.61. The summed E-state index contributed by atoms with van der Waals surface area (Å²) in [7, 11) is 0. The standard InChI is InChI=1S/C20H30N2O3/c1-15(2)20(24)22-12-10-17(11-13-22)21-19(23)9-6-14-25-18-8-5-4-7-16(18)3/h4-5,7-8,15,17H,6,9-14H2,1-3H3,(H,21,23). The van der Waals surface area contributed by atoms with Crippen LogP contribution in [0.25, 0.3) is 0 Å². The van der Waals surface area contributed by atoms with E-state index in [2.05, 4.69) is 5.32 Å². The van der Waals surface area contributed by atoms with E-state index in [1.165, 1.54) is 0 Å². The van der Waals surface area contributed by atoms with Crippen LogP contribution >= 0.6 is 0 Å². The largest absolute Gasteiger partial charge is 0.493 e. The molecule has 0 unspecified atom stereocenters. The molecular formula is C20H30N2O3. The molecule has 1 N–H and O–H groups in total. The van der Waals surface area contributed by atoms with Gasteiger partial charge in [-0.2, -0.15) is 0 Å². The highest BCUT2D eigenvalue weighted by Crippen LogP contribution is 2.16. The van der Waals surface area contributed by atoms with Crippen molar-refractivity contribution in [3.05, 3.63) is 29.8 Å². The molecule has 1 heterocycles. The number of aryl methyl sites for hydroxylation is 1. The van der Waals surface area contributed by atoms with Crippen molar-refractivity contribution in [3.63, 3.8) is 0 Å². The number of nitrogens with one attached hydrogen (secondary N) is 1. The van der Waals surface area contributed by atoms with Gasteiger partial charge in [-0.05, 0) is 37.8 Å². The smallest absolute Gasteiger partial charge is 0.225 e. The number of benzene rings is 1. The summed E-state index contributed by atoms with van der Waals surface area (Å²) in [5, 5.41) is 3.09. The highest BCUT2D eigenvalue weighted by molar-refractivity contribution is 5.78. The summed E-state index contributed by atoms with van der Waals surface area (Å²) in [5.41, 5.74) is 1.11. The van der Waals surface area contributed by atoms with Crippen LogP contribution in [-0.4, -0.2) is 42.5 Å². The Labute approximate surface area is 150 Å². The monoisotopic (exact) mass is 346 g/mol. The molecule has 1 aliphatic heterocycles. The number of rotatable bonds is 7. The van der Waals surface area contributed by atoms with Crippen LogP contribution in [0.3, 0.4) is 0 Å². The molecule has 0 radical (unpaired) electrons. The molecule has 0 spiro atoms. The van der Waals surface area contributed by atoms with Crippen LogP contribution in [0, 0.1) is 12.8 Å². The van der Waals surface area contributed by atoms with Crippen LogP contribution in [0.15, 0.2) is 24.3 Å². The van der Waals surface area contributed by atoms with Crippen LogP contribution in [-0.2, 0) is 9.59 Å². The van der Waals surface area contributed by atoms with Crippen molar-refractivity contribution in [3.8, 4) is 5.75 Å². The number of amides is 2. The molecule has 2 amide bonds. The van der Waals surface area contributed by atoms with Crippen molar-refractivity contribution in [2.24, 2.45) is 5.92 Å². The van der Waals surface area contributed by atoms with Gasteiger partial charge in [-0.15, -0.1) is 0 Å². The molecule has 0 atom stereocenters. The van der Waals surface area contributed by atoms with Crippen molar-refractivity contribution in [2.75, 3.05) is 19.7 Å². The lowest BCUT2D eigenvalue weighted by molar-refractivity contribution is -0.135. The van der Waals surface area contributed by atoms with Crippen molar-refractivity contribution in [2.45, 2.75) is 52.5 Å². The van der Waals surface area contributed by atoms with E-state index in [1.54, 1.807) is 0 Å². The summed E-state index contributed by atoms with van der Waals surface area (Å²) in [6, 6.07) is 8.07. The van der Waals surface area contributed by atoms with Gasteiger partial charge in [0.05, 0.1) is 6.61 Å². The number of para-hydroxylation sites is 1. The van der Waals surface area contributed by atoms with Crippen molar-refractivity contribution in [1.82, 2.24) is 10.2 Å². The molecule has 0 saturated carbocycles. The molecule has 0 aromatic heterocycles. The van der Waals surface area contributed by atoms with Gasteiger partial charge in [-0.25, -0.2) is 0 Å². The third-order valence-electron chi connectivity index (χ3n) is 4.56. The Morgan fingerprint density at radius 3 is 2.56 bits per heavy atom. The van der Waals surface area contributed by atoms with E-state index in [4.69, 9.17) is 4.74 Å². The number of carbonyl (C=O) groups is 2. The molecule has 1 saturated heterocycles. The second-order valence-electron chi connectivity index (χ2n) is 7.04. The summed E-state index contributed by atoms with van der Waals surface area (Å²) in [6.07, 6.45) is 2.84. The zero-order valence-corrected chi connectivity index (χ0v) is 15.6. The number of nitrogens with zero attached hydrogens (tertiary/aromatic N) is 1. The minimum Gasteiger partial charge on any atom is -0.493 e. The SMILES string of the molecule is Cc1ccccc1OCCCC(=O)NC1CCN(C(=O)C(C)C)CC1.